The van der Waals surface area contributed by atoms with E-state index in [4.69, 9.17) is 9.47 Å². The fourth-order valence-corrected chi connectivity index (χ4v) is 5.39. The van der Waals surface area contributed by atoms with Crippen LogP contribution < -0.4 is 19.3 Å². The molecule has 0 spiro atoms. The molecule has 0 bridgehead atoms. The highest BCUT2D eigenvalue weighted by Crippen LogP contribution is 2.30. The van der Waals surface area contributed by atoms with Crippen molar-refractivity contribution in [3.63, 3.8) is 0 Å². The quantitative estimate of drug-likeness (QED) is 0.546. The Hall–Kier alpha value is -3.76. The summed E-state index contributed by atoms with van der Waals surface area (Å²) < 4.78 is 10.3. The number of carbonyl (C=O) groups excluding carboxylic acids is 4. The second-order valence-corrected chi connectivity index (χ2v) is 9.40. The van der Waals surface area contributed by atoms with E-state index in [0.29, 0.717) is 49.1 Å². The van der Waals surface area contributed by atoms with Crippen molar-refractivity contribution in [2.45, 2.75) is 31.3 Å². The number of ether oxygens (including phenoxy) is 2. The van der Waals surface area contributed by atoms with Crippen molar-refractivity contribution in [1.82, 2.24) is 9.80 Å². The average Bonchev–Trinajstić information content (AvgIpc) is 3.24. The van der Waals surface area contributed by atoms with Crippen LogP contribution in [0.5, 0.6) is 11.5 Å². The van der Waals surface area contributed by atoms with Gasteiger partial charge in [-0.05, 0) is 55.0 Å². The van der Waals surface area contributed by atoms with Crippen LogP contribution in [-0.2, 0) is 19.2 Å². The molecule has 0 saturated carbocycles. The molecule has 5 rings (SSSR count). The van der Waals surface area contributed by atoms with Crippen LogP contribution in [-0.4, -0.2) is 85.9 Å². The van der Waals surface area contributed by atoms with Crippen molar-refractivity contribution in [3.05, 3.63) is 48.5 Å². The third-order valence-corrected chi connectivity index (χ3v) is 7.35. The third-order valence-electron chi connectivity index (χ3n) is 7.35. The minimum Gasteiger partial charge on any atom is -0.497 e. The molecular formula is C27H30N4O6. The Morgan fingerprint density at radius 1 is 0.595 bits per heavy atom. The zero-order chi connectivity index (χ0) is 26.1. The second kappa shape index (κ2) is 10.3. The molecule has 3 fully saturated rings. The van der Waals surface area contributed by atoms with Gasteiger partial charge in [0, 0.05) is 26.2 Å². The van der Waals surface area contributed by atoms with E-state index in [0.717, 1.165) is 6.42 Å². The van der Waals surface area contributed by atoms with E-state index in [9.17, 15) is 19.2 Å². The van der Waals surface area contributed by atoms with Crippen LogP contribution in [0.2, 0.25) is 0 Å². The monoisotopic (exact) mass is 506 g/mol. The fourth-order valence-electron chi connectivity index (χ4n) is 5.39. The Balaban J connectivity index is 1.24. The van der Waals surface area contributed by atoms with Gasteiger partial charge in [-0.1, -0.05) is 0 Å². The van der Waals surface area contributed by atoms with Gasteiger partial charge in [-0.3, -0.25) is 29.0 Å². The number of benzene rings is 2. The van der Waals surface area contributed by atoms with E-state index < -0.39 is 12.1 Å². The van der Waals surface area contributed by atoms with E-state index >= 15 is 0 Å². The zero-order valence-electron chi connectivity index (χ0n) is 21.0. The predicted octanol–water partition coefficient (Wildman–Crippen LogP) is 1.68. The van der Waals surface area contributed by atoms with Gasteiger partial charge in [0.25, 0.3) is 11.8 Å². The van der Waals surface area contributed by atoms with Gasteiger partial charge in [-0.15, -0.1) is 0 Å². The lowest BCUT2D eigenvalue weighted by Crippen LogP contribution is -2.46. The summed E-state index contributed by atoms with van der Waals surface area (Å²) in [6.07, 6.45) is 0.967. The van der Waals surface area contributed by atoms with Gasteiger partial charge in [0.15, 0.2) is 0 Å². The summed E-state index contributed by atoms with van der Waals surface area (Å²) in [5.41, 5.74) is 1.06. The third kappa shape index (κ3) is 4.70. The van der Waals surface area contributed by atoms with E-state index in [1.54, 1.807) is 62.8 Å². The molecule has 3 aliphatic rings. The normalized spacial score (nSPS) is 23.6. The summed E-state index contributed by atoms with van der Waals surface area (Å²) in [5, 5.41) is 0. The van der Waals surface area contributed by atoms with E-state index in [-0.39, 0.29) is 36.5 Å². The number of rotatable bonds is 6. The van der Waals surface area contributed by atoms with Gasteiger partial charge in [0.2, 0.25) is 11.8 Å². The highest BCUT2D eigenvalue weighted by Gasteiger charge is 2.45. The molecule has 2 unspecified atom stereocenters. The molecule has 2 aromatic rings. The summed E-state index contributed by atoms with van der Waals surface area (Å²) in [6, 6.07) is 12.7. The first-order chi connectivity index (χ1) is 17.9. The molecule has 2 atom stereocenters. The van der Waals surface area contributed by atoms with Gasteiger partial charge < -0.3 is 9.47 Å². The number of carbonyl (C=O) groups is 4. The fraction of sp³-hybridized carbons (Fsp3) is 0.407. The SMILES string of the molecule is COc1ccc(N2C(=O)CC(N3CCCN(C4CC(=O)N(c5ccc(OC)cc5)C4=O)CC3)C2=O)cc1. The summed E-state index contributed by atoms with van der Waals surface area (Å²) in [4.78, 5) is 58.7. The Labute approximate surface area is 215 Å². The van der Waals surface area contributed by atoms with Crippen molar-refractivity contribution in [2.24, 2.45) is 0 Å². The van der Waals surface area contributed by atoms with Crippen molar-refractivity contribution in [3.8, 4) is 11.5 Å². The first-order valence-corrected chi connectivity index (χ1v) is 12.4. The molecule has 3 aliphatic heterocycles. The molecule has 4 amide bonds. The summed E-state index contributed by atoms with van der Waals surface area (Å²) >= 11 is 0. The number of anilines is 2. The van der Waals surface area contributed by atoms with Crippen LogP contribution in [0.15, 0.2) is 48.5 Å². The standard InChI is InChI=1S/C27H30N4O6/c1-36-20-8-4-18(5-9-20)30-24(32)16-22(26(30)34)28-12-3-13-29(15-14-28)23-17-25(33)31(27(23)35)19-6-10-21(37-2)11-7-19/h4-11,22-23H,3,12-17H2,1-2H3. The highest BCUT2D eigenvalue weighted by molar-refractivity contribution is 6.23. The maximum atomic E-state index is 13.3. The minimum absolute atomic E-state index is 0.122. The summed E-state index contributed by atoms with van der Waals surface area (Å²) in [7, 11) is 3.12. The largest absolute Gasteiger partial charge is 0.497 e. The van der Waals surface area contributed by atoms with Crippen molar-refractivity contribution in [1.29, 1.82) is 0 Å². The van der Waals surface area contributed by atoms with Gasteiger partial charge in [0.05, 0.1) is 50.5 Å². The molecule has 0 N–H and O–H groups in total. The van der Waals surface area contributed by atoms with Gasteiger partial charge >= 0.3 is 0 Å². The Bertz CT molecular complexity index is 1100. The predicted molar refractivity (Wildman–Crippen MR) is 136 cm³/mol. The molecule has 0 aromatic heterocycles. The first-order valence-electron chi connectivity index (χ1n) is 12.4. The number of hydrogen-bond donors (Lipinski definition) is 0. The Kier molecular flexibility index (Phi) is 6.94. The van der Waals surface area contributed by atoms with E-state index in [1.165, 1.54) is 9.80 Å². The maximum absolute atomic E-state index is 13.3. The molecule has 0 aliphatic carbocycles. The molecule has 194 valence electrons. The van der Waals surface area contributed by atoms with Gasteiger partial charge in [0.1, 0.15) is 11.5 Å². The maximum Gasteiger partial charge on any atom is 0.251 e. The van der Waals surface area contributed by atoms with E-state index in [2.05, 4.69) is 0 Å². The molecule has 3 heterocycles. The Morgan fingerprint density at radius 2 is 0.973 bits per heavy atom. The molecule has 3 saturated heterocycles. The van der Waals surface area contributed by atoms with Gasteiger partial charge in [-0.25, -0.2) is 9.80 Å². The zero-order valence-corrected chi connectivity index (χ0v) is 21.0. The minimum atomic E-state index is -0.536. The lowest BCUT2D eigenvalue weighted by atomic mass is 10.2. The number of imide groups is 2. The van der Waals surface area contributed by atoms with Crippen LogP contribution in [0.25, 0.3) is 0 Å². The number of nitrogens with zero attached hydrogens (tertiary/aromatic N) is 4. The molecule has 10 nitrogen and oxygen atoms in total. The van der Waals surface area contributed by atoms with Crippen LogP contribution in [0.4, 0.5) is 11.4 Å². The molecule has 0 radical (unpaired) electrons. The van der Waals surface area contributed by atoms with Gasteiger partial charge in [-0.2, -0.15) is 0 Å². The molecular weight excluding hydrogens is 476 g/mol. The summed E-state index contributed by atoms with van der Waals surface area (Å²) in [5.74, 6) is 0.374. The van der Waals surface area contributed by atoms with E-state index in [1.807, 2.05) is 9.80 Å². The smallest absolute Gasteiger partial charge is 0.251 e. The topological polar surface area (TPSA) is 99.7 Å². The number of hydrogen-bond acceptors (Lipinski definition) is 8. The van der Waals surface area contributed by atoms with Crippen molar-refractivity contribution in [2.75, 3.05) is 50.2 Å². The second-order valence-electron chi connectivity index (χ2n) is 9.40. The first kappa shape index (κ1) is 24.9. The lowest BCUT2D eigenvalue weighted by Gasteiger charge is -2.27. The number of methoxy groups -OCH3 is 2. The van der Waals surface area contributed by atoms with Crippen LogP contribution in [0.3, 0.4) is 0 Å². The van der Waals surface area contributed by atoms with Crippen LogP contribution >= 0.6 is 0 Å². The number of amides is 4. The Morgan fingerprint density at radius 3 is 1.32 bits per heavy atom. The lowest BCUT2D eigenvalue weighted by molar-refractivity contribution is -0.124. The van der Waals surface area contributed by atoms with Crippen LogP contribution in [0, 0.1) is 0 Å². The summed E-state index contributed by atoms with van der Waals surface area (Å²) in [6.45, 7) is 2.32. The highest BCUT2D eigenvalue weighted by atomic mass is 16.5. The molecule has 37 heavy (non-hydrogen) atoms. The van der Waals surface area contributed by atoms with Crippen LogP contribution in [0.1, 0.15) is 19.3 Å². The average molecular weight is 507 g/mol. The van der Waals surface area contributed by atoms with Crippen molar-refractivity contribution >= 4 is 35.0 Å². The molecule has 10 heteroatoms. The molecule has 2 aromatic carbocycles. The van der Waals surface area contributed by atoms with Crippen molar-refractivity contribution < 1.29 is 28.7 Å².